The zero-order valence-electron chi connectivity index (χ0n) is 43.6. The van der Waals surface area contributed by atoms with Crippen LogP contribution in [0.25, 0.3) is 0 Å². The number of methoxy groups -OCH3 is 2. The Morgan fingerprint density at radius 2 is 1.26 bits per heavy atom. The van der Waals surface area contributed by atoms with Gasteiger partial charge in [-0.1, -0.05) is 18.1 Å². The second-order valence-corrected chi connectivity index (χ2v) is 20.0. The predicted molar refractivity (Wildman–Crippen MR) is 276 cm³/mol. The van der Waals surface area contributed by atoms with Crippen molar-refractivity contribution in [1.82, 2.24) is 39.3 Å². The Morgan fingerprint density at radius 1 is 0.750 bits per heavy atom. The maximum atomic E-state index is 14.7. The molecule has 2 aliphatic heterocycles. The van der Waals surface area contributed by atoms with Crippen molar-refractivity contribution in [1.29, 1.82) is 0 Å². The number of anilines is 4. The number of nitrogens with one attached hydrogen (secondary N) is 4. The first kappa shape index (κ1) is 62.9. The number of amides is 8. The van der Waals surface area contributed by atoms with E-state index in [1.165, 1.54) is 85.4 Å². The van der Waals surface area contributed by atoms with Gasteiger partial charge in [-0.05, 0) is 56.0 Å². The van der Waals surface area contributed by atoms with E-state index in [0.717, 1.165) is 35.9 Å². The van der Waals surface area contributed by atoms with Gasteiger partial charge >= 0.3 is 31.3 Å². The van der Waals surface area contributed by atoms with Crippen molar-refractivity contribution in [3.05, 3.63) is 95.0 Å². The van der Waals surface area contributed by atoms with Gasteiger partial charge in [0.2, 0.25) is 35.4 Å². The molecule has 0 radical (unpaired) electrons. The first-order valence-electron chi connectivity index (χ1n) is 23.4. The molecule has 0 saturated carbocycles. The van der Waals surface area contributed by atoms with Crippen molar-refractivity contribution < 1.29 is 101 Å². The van der Waals surface area contributed by atoms with Gasteiger partial charge in [0, 0.05) is 37.5 Å². The fraction of sp³-hybridized carbons (Fsp3) is 0.250. The number of imide groups is 1. The summed E-state index contributed by atoms with van der Waals surface area (Å²) in [4.78, 5) is 105. The molecule has 0 unspecified atom stereocenters. The van der Waals surface area contributed by atoms with E-state index in [1.807, 2.05) is 0 Å². The molecule has 29 nitrogen and oxygen atoms in total. The number of urea groups is 2. The molecule has 84 heavy (non-hydrogen) atoms. The third kappa shape index (κ3) is 15.4. The number of carbonyl (C=O) groups excluding carboxylic acids is 6. The van der Waals surface area contributed by atoms with Crippen LogP contribution in [-0.4, -0.2) is 148 Å². The summed E-state index contributed by atoms with van der Waals surface area (Å²) in [5, 5.41) is 12.3. The summed E-state index contributed by atoms with van der Waals surface area (Å²) in [6.07, 6.45) is 9.20. The topological polar surface area (TPSA) is 376 Å². The van der Waals surface area contributed by atoms with E-state index in [0.29, 0.717) is 30.1 Å². The normalized spacial score (nSPS) is 13.6. The summed E-state index contributed by atoms with van der Waals surface area (Å²) in [5.41, 5.74) is 0.160. The highest BCUT2D eigenvalue weighted by molar-refractivity contribution is 7.90. The standard InChI is InChI=1S/C19H15FN2O4.C15H18N6O6S.C14H10F4N4O7S/c1-2-7-21-15-9-14(13(20)8-16(15)26-10-17(21)23)22-18(24)11-5-3-4-6-12(11)19(22)25;1-21(2)13(22)9-6-5-7-16-12(9)28(24,25)20-15(23)19-14-17-10(26-3)8-11(18-14)27-4;15-11(16)28-8-5-9(29-12(17)18)20-13(19-8)21-14(25)22-30(26,27)7-4-2-1-3-6(7)10(23)24/h1,8-9H,3-7,10H2;5-8H,1-4H3,(H2,17,18,19,20,23);1-5,11-12H,(H,23,24)(H2,19,20,21,22,25). The van der Waals surface area contributed by atoms with Gasteiger partial charge in [-0.25, -0.2) is 46.5 Å². The number of sulfonamides is 2. The van der Waals surface area contributed by atoms with Gasteiger partial charge in [0.25, 0.3) is 43.7 Å². The van der Waals surface area contributed by atoms with Gasteiger partial charge < -0.3 is 33.7 Å². The Morgan fingerprint density at radius 3 is 1.77 bits per heavy atom. The van der Waals surface area contributed by atoms with Crippen molar-refractivity contribution in [2.45, 2.75) is 48.8 Å². The van der Waals surface area contributed by atoms with Crippen LogP contribution in [0.1, 0.15) is 46.4 Å². The number of alkyl halides is 4. The molecule has 5 aromatic rings. The zero-order chi connectivity index (χ0) is 61.8. The largest absolute Gasteiger partial charge is 0.481 e. The lowest BCUT2D eigenvalue weighted by Gasteiger charge is -2.29. The van der Waals surface area contributed by atoms with Crippen LogP contribution in [0, 0.1) is 18.2 Å². The Hall–Kier alpha value is -10.3. The van der Waals surface area contributed by atoms with E-state index in [9.17, 15) is 72.3 Å². The maximum Gasteiger partial charge on any atom is 0.388 e. The summed E-state index contributed by atoms with van der Waals surface area (Å²) in [6, 6.07) is 8.50. The van der Waals surface area contributed by atoms with Gasteiger partial charge in [-0.15, -0.1) is 6.42 Å². The lowest BCUT2D eigenvalue weighted by Crippen LogP contribution is -2.39. The highest BCUT2D eigenvalue weighted by Gasteiger charge is 2.42. The highest BCUT2D eigenvalue weighted by Crippen LogP contribution is 2.42. The molecular weight excluding hydrogens is 1180 g/mol. The summed E-state index contributed by atoms with van der Waals surface area (Å²) in [6.45, 7) is -7.08. The predicted octanol–water partition coefficient (Wildman–Crippen LogP) is 3.92. The van der Waals surface area contributed by atoms with Crippen LogP contribution in [0.2, 0.25) is 0 Å². The number of terminal acetylenes is 1. The number of fused-ring (bicyclic) bond motifs is 1. The summed E-state index contributed by atoms with van der Waals surface area (Å²) in [5.74, 6) is -4.71. The monoisotopic (exact) mass is 1220 g/mol. The SMILES string of the molecule is C#CCN1C(=O)COc2cc(F)c(N3C(=O)C4=C(CCCC4)C3=O)cc21.COc1cc(OC)nc(NC(=O)NS(=O)(=O)c2ncccc2C(=O)N(C)C)n1.O=C(Nc1nc(OC(F)F)cc(OC(F)F)n1)NS(=O)(=O)c1ccccc1C(=O)O. The highest BCUT2D eigenvalue weighted by atomic mass is 32.2. The number of benzene rings is 2. The molecule has 3 aliphatic rings. The van der Waals surface area contributed by atoms with Crippen LogP contribution < -0.4 is 53.6 Å². The molecule has 5 N–H and O–H groups in total. The van der Waals surface area contributed by atoms with Crippen LogP contribution in [0.4, 0.5) is 54.8 Å². The quantitative estimate of drug-likeness (QED) is 0.0531. The average molecular weight is 1220 g/mol. The number of hydrogen-bond donors (Lipinski definition) is 5. The number of halogens is 5. The molecule has 2 aromatic carbocycles. The smallest absolute Gasteiger partial charge is 0.388 e. The van der Waals surface area contributed by atoms with Crippen molar-refractivity contribution in [3.8, 4) is 41.6 Å². The second-order valence-electron chi connectivity index (χ2n) is 16.7. The molecule has 0 fully saturated rings. The minimum atomic E-state index is -4.71. The second kappa shape index (κ2) is 27.0. The molecule has 36 heteroatoms. The van der Waals surface area contributed by atoms with Crippen LogP contribution in [0.3, 0.4) is 0 Å². The van der Waals surface area contributed by atoms with Crippen LogP contribution in [0.15, 0.2) is 87.9 Å². The molecule has 444 valence electrons. The van der Waals surface area contributed by atoms with Crippen molar-refractivity contribution in [2.24, 2.45) is 0 Å². The molecule has 0 spiro atoms. The zero-order valence-corrected chi connectivity index (χ0v) is 45.2. The van der Waals surface area contributed by atoms with E-state index < -0.39 is 108 Å². The van der Waals surface area contributed by atoms with Crippen molar-refractivity contribution >= 4 is 85.0 Å². The molecular formula is C48H43F5N12O17S2. The molecule has 1 aliphatic carbocycles. The Bertz CT molecular complexity index is 3660. The van der Waals surface area contributed by atoms with Gasteiger partial charge in [-0.2, -0.15) is 45.9 Å². The number of aromatic carboxylic acids is 1. The summed E-state index contributed by atoms with van der Waals surface area (Å²) in [7, 11) is -3.56. The third-order valence-corrected chi connectivity index (χ3v) is 13.7. The van der Waals surface area contributed by atoms with Gasteiger partial charge in [0.05, 0.1) is 55.4 Å². The molecule has 0 atom stereocenters. The lowest BCUT2D eigenvalue weighted by atomic mass is 9.93. The first-order valence-corrected chi connectivity index (χ1v) is 26.4. The third-order valence-electron chi connectivity index (χ3n) is 11.0. The molecule has 0 saturated heterocycles. The number of pyridine rings is 1. The fourth-order valence-electron chi connectivity index (χ4n) is 7.53. The number of rotatable bonds is 16. The van der Waals surface area contributed by atoms with E-state index in [1.54, 1.807) is 10.0 Å². The number of nitrogens with zero attached hydrogens (tertiary/aromatic N) is 8. The minimum Gasteiger partial charge on any atom is -0.481 e. The number of ether oxygens (including phenoxy) is 5. The number of carbonyl (C=O) groups is 7. The van der Waals surface area contributed by atoms with Gasteiger partial charge in [0.1, 0.15) is 10.6 Å². The first-order chi connectivity index (χ1) is 39.7. The maximum absolute atomic E-state index is 14.7. The summed E-state index contributed by atoms with van der Waals surface area (Å²) >= 11 is 0. The van der Waals surface area contributed by atoms with E-state index in [-0.39, 0.29) is 59.5 Å². The fourth-order valence-corrected chi connectivity index (χ4v) is 9.67. The van der Waals surface area contributed by atoms with Crippen LogP contribution in [-0.2, 0) is 34.4 Å². The number of aromatic nitrogens is 5. The number of hydrogen-bond acceptors (Lipinski definition) is 21. The van der Waals surface area contributed by atoms with Crippen molar-refractivity contribution in [3.63, 3.8) is 0 Å². The Kier molecular flexibility index (Phi) is 20.2. The number of carboxylic acids is 1. The van der Waals surface area contributed by atoms with E-state index in [2.05, 4.69) is 45.6 Å². The molecule has 3 aromatic heterocycles. The van der Waals surface area contributed by atoms with Crippen LogP contribution >= 0.6 is 0 Å². The summed E-state index contributed by atoms with van der Waals surface area (Å²) < 4.78 is 140. The Labute approximate surface area is 471 Å². The molecule has 5 heterocycles. The number of carboxylic acid groups (broad SMARTS) is 1. The van der Waals surface area contributed by atoms with Gasteiger partial charge in [0.15, 0.2) is 17.5 Å². The molecule has 8 amide bonds. The molecule has 0 bridgehead atoms. The lowest BCUT2D eigenvalue weighted by molar-refractivity contribution is -0.121. The van der Waals surface area contributed by atoms with E-state index in [4.69, 9.17) is 25.7 Å². The van der Waals surface area contributed by atoms with Gasteiger partial charge in [-0.3, -0.25) is 34.7 Å². The van der Waals surface area contributed by atoms with Crippen molar-refractivity contribution in [2.75, 3.05) is 61.9 Å². The van der Waals surface area contributed by atoms with Crippen LogP contribution in [0.5, 0.6) is 29.3 Å². The average Bonchev–Trinajstić information content (AvgIpc) is 1.94. The van der Waals surface area contributed by atoms with E-state index >= 15 is 0 Å². The minimum absolute atomic E-state index is 0.0170. The molecule has 8 rings (SSSR count). The Balaban J connectivity index is 0.000000202.